The topological polar surface area (TPSA) is 39.7 Å². The molecule has 2 aromatic rings. The van der Waals surface area contributed by atoms with Gasteiger partial charge in [-0.3, -0.25) is 4.99 Å². The molecule has 2 aromatic carbocycles. The number of hydrogen-bond donors (Lipinski definition) is 2. The highest BCUT2D eigenvalue weighted by atomic mass is 15.2. The molecule has 29 heavy (non-hydrogen) atoms. The number of hydrogen-bond acceptors (Lipinski definition) is 2. The second-order valence-corrected chi connectivity index (χ2v) is 8.64. The molecular formula is C25H34N4. The zero-order valence-corrected chi connectivity index (χ0v) is 17.6. The van der Waals surface area contributed by atoms with Crippen LogP contribution in [0.1, 0.15) is 30.4 Å². The van der Waals surface area contributed by atoms with E-state index in [0.29, 0.717) is 11.3 Å². The van der Waals surface area contributed by atoms with E-state index >= 15 is 0 Å². The van der Waals surface area contributed by atoms with Crippen molar-refractivity contribution in [1.82, 2.24) is 15.5 Å². The van der Waals surface area contributed by atoms with E-state index in [4.69, 9.17) is 0 Å². The number of rotatable bonds is 8. The molecule has 2 aliphatic rings. The van der Waals surface area contributed by atoms with Gasteiger partial charge >= 0.3 is 0 Å². The van der Waals surface area contributed by atoms with Crippen molar-refractivity contribution < 1.29 is 0 Å². The van der Waals surface area contributed by atoms with Gasteiger partial charge in [-0.25, -0.2) is 0 Å². The summed E-state index contributed by atoms with van der Waals surface area (Å²) in [6, 6.07) is 21.7. The van der Waals surface area contributed by atoms with Gasteiger partial charge in [0.1, 0.15) is 0 Å². The van der Waals surface area contributed by atoms with Gasteiger partial charge in [-0.05, 0) is 49.3 Å². The number of benzene rings is 2. The maximum absolute atomic E-state index is 4.45. The minimum Gasteiger partial charge on any atom is -0.356 e. The zero-order chi connectivity index (χ0) is 19.9. The Hall–Kier alpha value is -2.33. The third-order valence-corrected chi connectivity index (χ3v) is 6.55. The molecule has 1 atom stereocenters. The summed E-state index contributed by atoms with van der Waals surface area (Å²) in [7, 11) is 1.87. The molecule has 1 aliphatic heterocycles. The smallest absolute Gasteiger partial charge is 0.191 e. The Morgan fingerprint density at radius 3 is 2.45 bits per heavy atom. The van der Waals surface area contributed by atoms with Gasteiger partial charge in [0, 0.05) is 38.6 Å². The van der Waals surface area contributed by atoms with Crippen LogP contribution in [0, 0.1) is 5.92 Å². The van der Waals surface area contributed by atoms with Crippen LogP contribution in [0.3, 0.4) is 0 Å². The molecule has 1 unspecified atom stereocenters. The lowest BCUT2D eigenvalue weighted by atomic mass is 9.96. The molecule has 2 N–H and O–H groups in total. The van der Waals surface area contributed by atoms with Crippen molar-refractivity contribution >= 4 is 5.96 Å². The summed E-state index contributed by atoms with van der Waals surface area (Å²) >= 11 is 0. The summed E-state index contributed by atoms with van der Waals surface area (Å²) in [4.78, 5) is 7.05. The Labute approximate surface area is 175 Å². The zero-order valence-electron chi connectivity index (χ0n) is 17.6. The van der Waals surface area contributed by atoms with Crippen LogP contribution in [0.4, 0.5) is 0 Å². The first kappa shape index (κ1) is 20.0. The molecule has 0 bridgehead atoms. The molecule has 154 valence electrons. The second kappa shape index (κ2) is 9.45. The first-order valence-corrected chi connectivity index (χ1v) is 11.0. The van der Waals surface area contributed by atoms with Gasteiger partial charge in [-0.15, -0.1) is 0 Å². The van der Waals surface area contributed by atoms with E-state index in [1.165, 1.54) is 43.5 Å². The van der Waals surface area contributed by atoms with Gasteiger partial charge < -0.3 is 15.5 Å². The average molecular weight is 391 g/mol. The van der Waals surface area contributed by atoms with Gasteiger partial charge in [0.15, 0.2) is 5.96 Å². The van der Waals surface area contributed by atoms with Crippen molar-refractivity contribution in [2.75, 3.05) is 39.8 Å². The number of nitrogens with one attached hydrogen (secondary N) is 2. The molecule has 1 saturated heterocycles. The van der Waals surface area contributed by atoms with Gasteiger partial charge in [-0.2, -0.15) is 0 Å². The van der Waals surface area contributed by atoms with Crippen molar-refractivity contribution in [3.63, 3.8) is 0 Å². The summed E-state index contributed by atoms with van der Waals surface area (Å²) < 4.78 is 0. The third-order valence-electron chi connectivity index (χ3n) is 6.55. The molecular weight excluding hydrogens is 356 g/mol. The lowest BCUT2D eigenvalue weighted by molar-refractivity contribution is 0.328. The van der Waals surface area contributed by atoms with Gasteiger partial charge in [0.25, 0.3) is 0 Å². The SMILES string of the molecule is CN=C(NCC1CCN(CCc2ccccc2)C1)NCC1(c2ccccc2)CC1. The first-order valence-electron chi connectivity index (χ1n) is 11.0. The fourth-order valence-corrected chi connectivity index (χ4v) is 4.44. The average Bonchev–Trinajstić information content (AvgIpc) is 3.44. The van der Waals surface area contributed by atoms with E-state index in [-0.39, 0.29) is 0 Å². The van der Waals surface area contributed by atoms with E-state index in [1.807, 2.05) is 7.05 Å². The fourth-order valence-electron chi connectivity index (χ4n) is 4.44. The van der Waals surface area contributed by atoms with Crippen LogP contribution in [-0.4, -0.2) is 50.6 Å². The molecule has 1 heterocycles. The second-order valence-electron chi connectivity index (χ2n) is 8.64. The van der Waals surface area contributed by atoms with E-state index in [2.05, 4.69) is 81.2 Å². The summed E-state index contributed by atoms with van der Waals surface area (Å²) in [5.41, 5.74) is 3.19. The van der Waals surface area contributed by atoms with E-state index < -0.39 is 0 Å². The Kier molecular flexibility index (Phi) is 6.50. The van der Waals surface area contributed by atoms with Crippen LogP contribution in [-0.2, 0) is 11.8 Å². The van der Waals surface area contributed by atoms with Gasteiger partial charge in [-0.1, -0.05) is 60.7 Å². The maximum Gasteiger partial charge on any atom is 0.191 e. The third kappa shape index (κ3) is 5.39. The van der Waals surface area contributed by atoms with E-state index in [1.54, 1.807) is 0 Å². The highest BCUT2D eigenvalue weighted by molar-refractivity contribution is 5.79. The summed E-state index contributed by atoms with van der Waals surface area (Å²) in [6.07, 6.45) is 4.94. The monoisotopic (exact) mass is 390 g/mol. The van der Waals surface area contributed by atoms with Crippen molar-refractivity contribution in [2.45, 2.75) is 31.1 Å². The molecule has 4 heteroatoms. The molecule has 0 amide bonds. The minimum atomic E-state index is 0.306. The summed E-state index contributed by atoms with van der Waals surface area (Å²) in [5.74, 6) is 1.64. The molecule has 0 radical (unpaired) electrons. The number of nitrogens with zero attached hydrogens (tertiary/aromatic N) is 2. The summed E-state index contributed by atoms with van der Waals surface area (Å²) in [5, 5.41) is 7.15. The van der Waals surface area contributed by atoms with Crippen LogP contribution in [0.5, 0.6) is 0 Å². The summed E-state index contributed by atoms with van der Waals surface area (Å²) in [6.45, 7) is 5.52. The van der Waals surface area contributed by atoms with E-state index in [0.717, 1.165) is 32.0 Å². The predicted octanol–water partition coefficient (Wildman–Crippen LogP) is 3.45. The molecule has 1 saturated carbocycles. The standard InChI is InChI=1S/C25H34N4/c1-26-24(28-20-25(14-15-25)23-10-6-3-7-11-23)27-18-22-13-17-29(19-22)16-12-21-8-4-2-5-9-21/h2-11,22H,12-20H2,1H3,(H2,26,27,28). The normalized spacial score (nSPS) is 21.1. The van der Waals surface area contributed by atoms with Crippen molar-refractivity contribution in [1.29, 1.82) is 0 Å². The van der Waals surface area contributed by atoms with Crippen molar-refractivity contribution in [3.8, 4) is 0 Å². The Morgan fingerprint density at radius 1 is 1.03 bits per heavy atom. The molecule has 4 rings (SSSR count). The van der Waals surface area contributed by atoms with E-state index in [9.17, 15) is 0 Å². The lowest BCUT2D eigenvalue weighted by Crippen LogP contribution is -2.43. The van der Waals surface area contributed by atoms with Crippen molar-refractivity contribution in [2.24, 2.45) is 10.9 Å². The number of guanidine groups is 1. The van der Waals surface area contributed by atoms with Crippen LogP contribution in [0.2, 0.25) is 0 Å². The maximum atomic E-state index is 4.45. The number of aliphatic imine (C=N–C) groups is 1. The fraction of sp³-hybridized carbons (Fsp3) is 0.480. The number of likely N-dealkylation sites (tertiary alicyclic amines) is 1. The Morgan fingerprint density at radius 2 is 1.76 bits per heavy atom. The highest BCUT2D eigenvalue weighted by Gasteiger charge is 2.44. The highest BCUT2D eigenvalue weighted by Crippen LogP contribution is 2.47. The first-order chi connectivity index (χ1) is 14.3. The quantitative estimate of drug-likeness (QED) is 0.536. The van der Waals surface area contributed by atoms with Crippen LogP contribution < -0.4 is 10.6 Å². The van der Waals surface area contributed by atoms with Crippen LogP contribution in [0.15, 0.2) is 65.7 Å². The van der Waals surface area contributed by atoms with Crippen molar-refractivity contribution in [3.05, 3.63) is 71.8 Å². The molecule has 0 aromatic heterocycles. The van der Waals surface area contributed by atoms with Crippen LogP contribution >= 0.6 is 0 Å². The molecule has 1 aliphatic carbocycles. The minimum absolute atomic E-state index is 0.306. The largest absolute Gasteiger partial charge is 0.356 e. The molecule has 2 fully saturated rings. The lowest BCUT2D eigenvalue weighted by Gasteiger charge is -2.20. The Bertz CT molecular complexity index is 783. The Balaban J connectivity index is 1.18. The van der Waals surface area contributed by atoms with Gasteiger partial charge in [0.2, 0.25) is 0 Å². The molecule has 4 nitrogen and oxygen atoms in total. The van der Waals surface area contributed by atoms with Crippen LogP contribution in [0.25, 0.3) is 0 Å². The molecule has 0 spiro atoms. The predicted molar refractivity (Wildman–Crippen MR) is 121 cm³/mol. The van der Waals surface area contributed by atoms with Gasteiger partial charge in [0.05, 0.1) is 0 Å².